The van der Waals surface area contributed by atoms with E-state index in [2.05, 4.69) is 5.32 Å². The van der Waals surface area contributed by atoms with Crippen LogP contribution in [0, 0.1) is 0 Å². The number of piperidine rings is 1. The summed E-state index contributed by atoms with van der Waals surface area (Å²) >= 11 is 0. The first kappa shape index (κ1) is 7.50. The van der Waals surface area contributed by atoms with Gasteiger partial charge in [0.05, 0.1) is 0 Å². The fraction of sp³-hybridized carbons (Fsp3) is 0.833. The Bertz CT molecular complexity index is 141. The van der Waals surface area contributed by atoms with Gasteiger partial charge in [0.15, 0.2) is 0 Å². The maximum absolute atomic E-state index is 10.5. The van der Waals surface area contributed by atoms with Gasteiger partial charge in [0, 0.05) is 13.1 Å². The van der Waals surface area contributed by atoms with Gasteiger partial charge in [0.2, 0.25) is 0 Å². The Morgan fingerprint density at radius 2 is 2.00 bits per heavy atom. The number of hydrogen-bond acceptors (Lipinski definition) is 2. The fourth-order valence-electron chi connectivity index (χ4n) is 1.01. The predicted octanol–water partition coefficient (Wildman–Crippen LogP) is -0.833. The molecule has 10 heavy (non-hydrogen) atoms. The highest BCUT2D eigenvalue weighted by molar-refractivity contribution is 5.78. The Balaban J connectivity index is 2.56. The van der Waals surface area contributed by atoms with Gasteiger partial charge in [-0.05, 0) is 12.8 Å². The maximum Gasteiger partial charge on any atom is 0.323 e. The van der Waals surface area contributed by atoms with Crippen molar-refractivity contribution in [3.05, 3.63) is 0 Å². The fourth-order valence-corrected chi connectivity index (χ4v) is 1.01. The maximum atomic E-state index is 10.5. The Morgan fingerprint density at radius 1 is 1.50 bits per heavy atom. The van der Waals surface area contributed by atoms with Gasteiger partial charge in [-0.2, -0.15) is 0 Å². The summed E-state index contributed by atoms with van der Waals surface area (Å²) in [7, 11) is 0. The van der Waals surface area contributed by atoms with Gasteiger partial charge >= 0.3 is 5.97 Å². The molecule has 57 valence electrons. The molecule has 0 aromatic heterocycles. The van der Waals surface area contributed by atoms with Gasteiger partial charge in [-0.25, -0.2) is 5.32 Å². The molecule has 1 radical (unpaired) electrons. The number of rotatable bonds is 1. The van der Waals surface area contributed by atoms with Crippen molar-refractivity contribution >= 4 is 5.97 Å². The highest BCUT2D eigenvalue weighted by Gasteiger charge is 2.35. The first-order chi connectivity index (χ1) is 4.65. The zero-order valence-corrected chi connectivity index (χ0v) is 5.71. The third-order valence-electron chi connectivity index (χ3n) is 1.86. The van der Waals surface area contributed by atoms with Crippen LogP contribution < -0.4 is 11.1 Å². The largest absolute Gasteiger partial charge is 0.480 e. The minimum absolute atomic E-state index is 0.475. The monoisotopic (exact) mass is 143 g/mol. The molecule has 0 aliphatic carbocycles. The topological polar surface area (TPSA) is 77.4 Å². The van der Waals surface area contributed by atoms with Crippen molar-refractivity contribution in [1.29, 1.82) is 0 Å². The van der Waals surface area contributed by atoms with E-state index in [9.17, 15) is 4.79 Å². The van der Waals surface area contributed by atoms with Gasteiger partial charge in [-0.1, -0.05) is 0 Å². The second-order valence-electron chi connectivity index (χ2n) is 2.63. The van der Waals surface area contributed by atoms with Gasteiger partial charge in [-0.3, -0.25) is 4.79 Å². The molecule has 4 nitrogen and oxygen atoms in total. The van der Waals surface area contributed by atoms with Crippen molar-refractivity contribution in [1.82, 2.24) is 5.32 Å². The quantitative estimate of drug-likeness (QED) is 0.502. The van der Waals surface area contributed by atoms with Crippen LogP contribution >= 0.6 is 0 Å². The predicted molar refractivity (Wildman–Crippen MR) is 35.7 cm³/mol. The van der Waals surface area contributed by atoms with Gasteiger partial charge in [0.1, 0.15) is 5.54 Å². The normalized spacial score (nSPS) is 24.1. The van der Waals surface area contributed by atoms with E-state index in [1.807, 2.05) is 0 Å². The van der Waals surface area contributed by atoms with E-state index in [4.69, 9.17) is 10.8 Å². The van der Waals surface area contributed by atoms with Crippen LogP contribution in [-0.2, 0) is 4.79 Å². The van der Waals surface area contributed by atoms with Crippen molar-refractivity contribution < 1.29 is 9.90 Å². The Labute approximate surface area is 59.4 Å². The third-order valence-corrected chi connectivity index (χ3v) is 1.86. The molecular formula is C6H11N2O2. The smallest absolute Gasteiger partial charge is 0.323 e. The first-order valence-corrected chi connectivity index (χ1v) is 3.31. The van der Waals surface area contributed by atoms with E-state index in [1.54, 1.807) is 0 Å². The average molecular weight is 143 g/mol. The minimum atomic E-state index is -0.998. The number of nitrogens with zero attached hydrogens (tertiary/aromatic N) is 1. The van der Waals surface area contributed by atoms with Gasteiger partial charge in [0.25, 0.3) is 0 Å². The SMILES string of the molecule is NC1(C(=O)O)CC[N]CC1. The Kier molecular flexibility index (Phi) is 1.92. The molecule has 0 unspecified atom stereocenters. The highest BCUT2D eigenvalue weighted by Crippen LogP contribution is 2.14. The first-order valence-electron chi connectivity index (χ1n) is 3.31. The molecule has 1 rings (SSSR count). The molecule has 3 N–H and O–H groups in total. The lowest BCUT2D eigenvalue weighted by Gasteiger charge is -2.28. The lowest BCUT2D eigenvalue weighted by Crippen LogP contribution is -2.53. The molecule has 1 aliphatic heterocycles. The van der Waals surface area contributed by atoms with Crippen molar-refractivity contribution in [2.75, 3.05) is 13.1 Å². The van der Waals surface area contributed by atoms with E-state index >= 15 is 0 Å². The number of hydrogen-bond donors (Lipinski definition) is 2. The molecule has 0 aromatic carbocycles. The summed E-state index contributed by atoms with van der Waals surface area (Å²) in [5, 5.41) is 12.6. The zero-order chi connectivity index (χ0) is 7.61. The van der Waals surface area contributed by atoms with Gasteiger partial charge in [-0.15, -0.1) is 0 Å². The molecular weight excluding hydrogens is 132 g/mol. The number of nitrogens with two attached hydrogens (primary N) is 1. The van der Waals surface area contributed by atoms with Crippen molar-refractivity contribution in [2.45, 2.75) is 18.4 Å². The van der Waals surface area contributed by atoms with E-state index in [-0.39, 0.29) is 0 Å². The summed E-state index contributed by atoms with van der Waals surface area (Å²) in [6.07, 6.45) is 0.949. The van der Waals surface area contributed by atoms with Crippen LogP contribution in [0.5, 0.6) is 0 Å². The minimum Gasteiger partial charge on any atom is -0.480 e. The van der Waals surface area contributed by atoms with Crippen molar-refractivity contribution in [2.24, 2.45) is 5.73 Å². The standard InChI is InChI=1S/C6H11N2O2/c7-6(5(9)10)1-3-8-4-2-6/h1-4,7H2,(H,9,10). The second-order valence-corrected chi connectivity index (χ2v) is 2.63. The molecule has 1 saturated heterocycles. The molecule has 0 spiro atoms. The molecule has 4 heteroatoms. The van der Waals surface area contributed by atoms with Crippen LogP contribution in [-0.4, -0.2) is 29.7 Å². The van der Waals surface area contributed by atoms with Crippen LogP contribution in [0.25, 0.3) is 0 Å². The lowest BCUT2D eigenvalue weighted by molar-refractivity contribution is -0.144. The summed E-state index contributed by atoms with van der Waals surface area (Å²) in [4.78, 5) is 10.5. The van der Waals surface area contributed by atoms with E-state index in [0.717, 1.165) is 0 Å². The summed E-state index contributed by atoms with van der Waals surface area (Å²) in [5.41, 5.74) is 4.54. The molecule has 0 aromatic rings. The van der Waals surface area contributed by atoms with Crippen LogP contribution in [0.3, 0.4) is 0 Å². The van der Waals surface area contributed by atoms with Crippen LogP contribution in [0.15, 0.2) is 0 Å². The van der Waals surface area contributed by atoms with Crippen molar-refractivity contribution in [3.8, 4) is 0 Å². The molecule has 0 atom stereocenters. The molecule has 0 bridgehead atoms. The summed E-state index contributed by atoms with van der Waals surface area (Å²) in [6, 6.07) is 0. The number of aliphatic carboxylic acids is 1. The highest BCUT2D eigenvalue weighted by atomic mass is 16.4. The average Bonchev–Trinajstić information content (AvgIpc) is 1.89. The summed E-state index contributed by atoms with van der Waals surface area (Å²) in [6.45, 7) is 1.17. The van der Waals surface area contributed by atoms with E-state index < -0.39 is 11.5 Å². The summed E-state index contributed by atoms with van der Waals surface area (Å²) in [5.74, 6) is -0.901. The molecule has 0 saturated carbocycles. The van der Waals surface area contributed by atoms with Crippen LogP contribution in [0.1, 0.15) is 12.8 Å². The van der Waals surface area contributed by atoms with Crippen LogP contribution in [0.2, 0.25) is 0 Å². The van der Waals surface area contributed by atoms with Crippen molar-refractivity contribution in [3.63, 3.8) is 0 Å². The van der Waals surface area contributed by atoms with Crippen LogP contribution in [0.4, 0.5) is 0 Å². The van der Waals surface area contributed by atoms with E-state index in [0.29, 0.717) is 25.9 Å². The zero-order valence-electron chi connectivity index (χ0n) is 5.71. The molecule has 1 heterocycles. The number of carboxylic acid groups (broad SMARTS) is 1. The molecule has 1 aliphatic rings. The van der Waals surface area contributed by atoms with E-state index in [1.165, 1.54) is 0 Å². The Morgan fingerprint density at radius 3 is 2.30 bits per heavy atom. The third kappa shape index (κ3) is 1.27. The number of carboxylic acids is 1. The summed E-state index contributed by atoms with van der Waals surface area (Å²) < 4.78 is 0. The Hall–Kier alpha value is -0.610. The lowest BCUT2D eigenvalue weighted by atomic mass is 9.90. The molecule has 1 fully saturated rings. The molecule has 0 amide bonds. The number of carbonyl (C=O) groups is 1. The van der Waals surface area contributed by atoms with Gasteiger partial charge < -0.3 is 10.8 Å². The second kappa shape index (κ2) is 2.56.